The van der Waals surface area contributed by atoms with Crippen LogP contribution in [0.5, 0.6) is 0 Å². The van der Waals surface area contributed by atoms with E-state index in [1.165, 1.54) is 0 Å². The van der Waals surface area contributed by atoms with Gasteiger partial charge in [0.2, 0.25) is 0 Å². The number of piperidine rings is 1. The van der Waals surface area contributed by atoms with Gasteiger partial charge >= 0.3 is 0 Å². The molecule has 0 bridgehead atoms. The molecule has 1 N–H and O–H groups in total. The van der Waals surface area contributed by atoms with Gasteiger partial charge in [-0.3, -0.25) is 4.79 Å². The lowest BCUT2D eigenvalue weighted by molar-refractivity contribution is 0.0695. The van der Waals surface area contributed by atoms with Gasteiger partial charge in [-0.25, -0.2) is 0 Å². The molecule has 5 nitrogen and oxygen atoms in total. The molecule has 6 heteroatoms. The Bertz CT molecular complexity index is 434. The second-order valence-corrected chi connectivity index (χ2v) is 4.80. The first-order valence-electron chi connectivity index (χ1n) is 6.59. The SMILES string of the molecule is CCc1onc(C)c1C(=O)N1CCCC(NC)C1.Cl. The zero-order valence-corrected chi connectivity index (χ0v) is 12.5. The van der Waals surface area contributed by atoms with Crippen molar-refractivity contribution in [3.8, 4) is 0 Å². The van der Waals surface area contributed by atoms with Crippen molar-refractivity contribution in [2.24, 2.45) is 0 Å². The number of nitrogens with zero attached hydrogens (tertiary/aromatic N) is 2. The number of halogens is 1. The standard InChI is InChI=1S/C13H21N3O2.ClH/c1-4-11-12(9(2)15-18-11)13(17)16-7-5-6-10(8-16)14-3;/h10,14H,4-8H2,1-3H3;1H. The predicted octanol–water partition coefficient (Wildman–Crippen LogP) is 1.79. The van der Waals surface area contributed by atoms with E-state index in [1.54, 1.807) is 0 Å². The number of amides is 1. The Labute approximate surface area is 120 Å². The minimum atomic E-state index is 0. The van der Waals surface area contributed by atoms with E-state index in [0.29, 0.717) is 29.5 Å². The first kappa shape index (κ1) is 16.0. The van der Waals surface area contributed by atoms with Crippen LogP contribution in [0.4, 0.5) is 0 Å². The fourth-order valence-electron chi connectivity index (χ4n) is 2.49. The average molecular weight is 288 g/mol. The third-order valence-corrected chi connectivity index (χ3v) is 3.59. The third-order valence-electron chi connectivity index (χ3n) is 3.59. The van der Waals surface area contributed by atoms with E-state index in [0.717, 1.165) is 25.9 Å². The van der Waals surface area contributed by atoms with Crippen molar-refractivity contribution in [3.63, 3.8) is 0 Å². The van der Waals surface area contributed by atoms with Crippen LogP contribution in [0.25, 0.3) is 0 Å². The average Bonchev–Trinajstić information content (AvgIpc) is 2.79. The maximum Gasteiger partial charge on any atom is 0.259 e. The van der Waals surface area contributed by atoms with Crippen molar-refractivity contribution < 1.29 is 9.32 Å². The van der Waals surface area contributed by atoms with Crippen LogP contribution in [-0.4, -0.2) is 42.1 Å². The summed E-state index contributed by atoms with van der Waals surface area (Å²) >= 11 is 0. The van der Waals surface area contributed by atoms with Gasteiger partial charge in [-0.2, -0.15) is 0 Å². The molecule has 0 aromatic carbocycles. The number of carbonyl (C=O) groups is 1. The summed E-state index contributed by atoms with van der Waals surface area (Å²) < 4.78 is 5.20. The number of likely N-dealkylation sites (tertiary alicyclic amines) is 1. The van der Waals surface area contributed by atoms with Gasteiger partial charge < -0.3 is 14.7 Å². The fourth-order valence-corrected chi connectivity index (χ4v) is 2.49. The molecule has 1 aliphatic heterocycles. The van der Waals surface area contributed by atoms with Crippen LogP contribution in [0.3, 0.4) is 0 Å². The third kappa shape index (κ3) is 3.28. The molecule has 0 aliphatic carbocycles. The van der Waals surface area contributed by atoms with Gasteiger partial charge in [0.05, 0.1) is 5.69 Å². The molecule has 1 aliphatic rings. The number of carbonyl (C=O) groups excluding carboxylic acids is 1. The van der Waals surface area contributed by atoms with Crippen LogP contribution in [0.15, 0.2) is 4.52 Å². The van der Waals surface area contributed by atoms with Gasteiger partial charge in [-0.1, -0.05) is 12.1 Å². The number of nitrogens with one attached hydrogen (secondary N) is 1. The molecule has 1 atom stereocenters. The van der Waals surface area contributed by atoms with Crippen LogP contribution >= 0.6 is 12.4 Å². The number of aromatic nitrogens is 1. The summed E-state index contributed by atoms with van der Waals surface area (Å²) in [5.41, 5.74) is 1.36. The molecule has 1 fully saturated rings. The quantitative estimate of drug-likeness (QED) is 0.921. The summed E-state index contributed by atoms with van der Waals surface area (Å²) in [6.07, 6.45) is 2.87. The summed E-state index contributed by atoms with van der Waals surface area (Å²) in [4.78, 5) is 14.4. The molecule has 1 saturated heterocycles. The Kier molecular flexibility index (Phi) is 5.82. The monoisotopic (exact) mass is 287 g/mol. The second-order valence-electron chi connectivity index (χ2n) is 4.80. The van der Waals surface area contributed by atoms with Crippen molar-refractivity contribution in [3.05, 3.63) is 17.0 Å². The topological polar surface area (TPSA) is 58.4 Å². The van der Waals surface area contributed by atoms with Crippen LogP contribution in [0, 0.1) is 6.92 Å². The molecule has 1 aromatic heterocycles. The molecule has 108 valence electrons. The molecular formula is C13H22ClN3O2. The number of rotatable bonds is 3. The predicted molar refractivity (Wildman–Crippen MR) is 75.9 cm³/mol. The highest BCUT2D eigenvalue weighted by molar-refractivity contribution is 5.96. The minimum Gasteiger partial charge on any atom is -0.360 e. The second kappa shape index (κ2) is 6.91. The minimum absolute atomic E-state index is 0. The van der Waals surface area contributed by atoms with Crippen LogP contribution in [0.2, 0.25) is 0 Å². The van der Waals surface area contributed by atoms with Gasteiger partial charge in [0.1, 0.15) is 11.3 Å². The molecule has 2 rings (SSSR count). The molecule has 1 unspecified atom stereocenters. The number of likely N-dealkylation sites (N-methyl/N-ethyl adjacent to an activating group) is 1. The van der Waals surface area contributed by atoms with Crippen LogP contribution < -0.4 is 5.32 Å². The maximum atomic E-state index is 12.5. The summed E-state index contributed by atoms with van der Waals surface area (Å²) in [6.45, 7) is 5.40. The van der Waals surface area contributed by atoms with Crippen molar-refractivity contribution in [1.29, 1.82) is 0 Å². The zero-order valence-electron chi connectivity index (χ0n) is 11.7. The zero-order chi connectivity index (χ0) is 13.1. The van der Waals surface area contributed by atoms with E-state index < -0.39 is 0 Å². The molecule has 2 heterocycles. The normalized spacial score (nSPS) is 19.1. The number of hydrogen-bond donors (Lipinski definition) is 1. The molecule has 1 aromatic rings. The summed E-state index contributed by atoms with van der Waals surface area (Å²) in [5.74, 6) is 0.759. The van der Waals surface area contributed by atoms with Gasteiger partial charge in [-0.05, 0) is 26.8 Å². The maximum absolute atomic E-state index is 12.5. The Morgan fingerprint density at radius 3 is 2.95 bits per heavy atom. The first-order valence-corrected chi connectivity index (χ1v) is 6.59. The van der Waals surface area contributed by atoms with E-state index in [4.69, 9.17) is 4.52 Å². The van der Waals surface area contributed by atoms with Crippen molar-refractivity contribution in [2.75, 3.05) is 20.1 Å². The van der Waals surface area contributed by atoms with Crippen molar-refractivity contribution in [2.45, 2.75) is 39.2 Å². The smallest absolute Gasteiger partial charge is 0.259 e. The lowest BCUT2D eigenvalue weighted by Gasteiger charge is -2.32. The lowest BCUT2D eigenvalue weighted by atomic mass is 10.0. The summed E-state index contributed by atoms with van der Waals surface area (Å²) in [7, 11) is 1.95. The largest absolute Gasteiger partial charge is 0.360 e. The number of aryl methyl sites for hydroxylation is 2. The Balaban J connectivity index is 0.00000180. The molecular weight excluding hydrogens is 266 g/mol. The summed E-state index contributed by atoms with van der Waals surface area (Å²) in [5, 5.41) is 7.15. The van der Waals surface area contributed by atoms with E-state index >= 15 is 0 Å². The van der Waals surface area contributed by atoms with Gasteiger partial charge in [0, 0.05) is 25.6 Å². The molecule has 1 amide bonds. The first-order chi connectivity index (χ1) is 8.67. The Morgan fingerprint density at radius 2 is 2.32 bits per heavy atom. The molecule has 0 spiro atoms. The van der Waals surface area contributed by atoms with Gasteiger partial charge in [0.25, 0.3) is 5.91 Å². The molecule has 19 heavy (non-hydrogen) atoms. The van der Waals surface area contributed by atoms with E-state index in [2.05, 4.69) is 10.5 Å². The van der Waals surface area contributed by atoms with E-state index in [9.17, 15) is 4.79 Å². The Morgan fingerprint density at radius 1 is 1.58 bits per heavy atom. The van der Waals surface area contributed by atoms with Crippen LogP contribution in [-0.2, 0) is 6.42 Å². The van der Waals surface area contributed by atoms with Crippen molar-refractivity contribution >= 4 is 18.3 Å². The lowest BCUT2D eigenvalue weighted by Crippen LogP contribution is -2.47. The highest BCUT2D eigenvalue weighted by atomic mass is 35.5. The van der Waals surface area contributed by atoms with Gasteiger partial charge in [-0.15, -0.1) is 12.4 Å². The number of hydrogen-bond acceptors (Lipinski definition) is 4. The highest BCUT2D eigenvalue weighted by Crippen LogP contribution is 2.19. The highest BCUT2D eigenvalue weighted by Gasteiger charge is 2.28. The van der Waals surface area contributed by atoms with E-state index in [1.807, 2.05) is 25.8 Å². The Hall–Kier alpha value is -1.07. The fraction of sp³-hybridized carbons (Fsp3) is 0.692. The van der Waals surface area contributed by atoms with Crippen LogP contribution in [0.1, 0.15) is 41.6 Å². The molecule has 0 radical (unpaired) electrons. The van der Waals surface area contributed by atoms with Gasteiger partial charge in [0.15, 0.2) is 0 Å². The van der Waals surface area contributed by atoms with Crippen molar-refractivity contribution in [1.82, 2.24) is 15.4 Å². The van der Waals surface area contributed by atoms with E-state index in [-0.39, 0.29) is 18.3 Å². The summed E-state index contributed by atoms with van der Waals surface area (Å²) in [6, 6.07) is 0.396. The molecule has 0 saturated carbocycles.